The number of aromatic nitrogens is 5. The highest BCUT2D eigenvalue weighted by Crippen LogP contribution is 2.25. The normalized spacial score (nSPS) is 11.3. The van der Waals surface area contributed by atoms with Gasteiger partial charge < -0.3 is 19.9 Å². The minimum absolute atomic E-state index is 0.218. The van der Waals surface area contributed by atoms with Crippen LogP contribution in [0, 0.1) is 0 Å². The highest BCUT2D eigenvalue weighted by molar-refractivity contribution is 5.90. The fourth-order valence-electron chi connectivity index (χ4n) is 3.26. The molecule has 2 aromatic carbocycles. The molecule has 0 aliphatic carbocycles. The third kappa shape index (κ3) is 2.85. The lowest BCUT2D eigenvalue weighted by atomic mass is 10.2. The van der Waals surface area contributed by atoms with Crippen LogP contribution in [0.15, 0.2) is 71.9 Å². The molecule has 0 saturated heterocycles. The smallest absolute Gasteiger partial charge is 0.323 e. The summed E-state index contributed by atoms with van der Waals surface area (Å²) in [6.07, 6.45) is 3.58. The van der Waals surface area contributed by atoms with Crippen molar-refractivity contribution in [3.05, 3.63) is 83.2 Å². The van der Waals surface area contributed by atoms with Gasteiger partial charge in [0.05, 0.1) is 16.4 Å². The second kappa shape index (κ2) is 6.14. The van der Waals surface area contributed by atoms with Crippen LogP contribution in [0.5, 0.6) is 0 Å². The summed E-state index contributed by atoms with van der Waals surface area (Å²) in [4.78, 5) is 25.8. The summed E-state index contributed by atoms with van der Waals surface area (Å²) in [5.74, 6) is 0.726. The van der Waals surface area contributed by atoms with Crippen molar-refractivity contribution >= 4 is 33.6 Å². The molecule has 3 N–H and O–H groups in total. The van der Waals surface area contributed by atoms with Crippen molar-refractivity contribution in [2.45, 2.75) is 6.54 Å². The number of aromatic amines is 2. The van der Waals surface area contributed by atoms with Crippen molar-refractivity contribution < 1.29 is 0 Å². The predicted octanol–water partition coefficient (Wildman–Crippen LogP) is 3.39. The summed E-state index contributed by atoms with van der Waals surface area (Å²) >= 11 is 0. The molecule has 7 heteroatoms. The van der Waals surface area contributed by atoms with Crippen LogP contribution in [0.4, 0.5) is 11.5 Å². The molecule has 0 saturated carbocycles. The molecule has 5 aromatic rings. The number of H-pyrrole nitrogens is 2. The monoisotopic (exact) mass is 356 g/mol. The highest BCUT2D eigenvalue weighted by atomic mass is 16.1. The van der Waals surface area contributed by atoms with Crippen LogP contribution < -0.4 is 11.0 Å². The zero-order chi connectivity index (χ0) is 18.2. The molecule has 0 fully saturated rings. The van der Waals surface area contributed by atoms with E-state index in [1.165, 1.54) is 5.56 Å². The fourth-order valence-corrected chi connectivity index (χ4v) is 3.26. The molecule has 27 heavy (non-hydrogen) atoms. The average Bonchev–Trinajstić information content (AvgIpc) is 3.26. The van der Waals surface area contributed by atoms with Gasteiger partial charge in [0.1, 0.15) is 17.8 Å². The van der Waals surface area contributed by atoms with E-state index in [0.717, 1.165) is 40.1 Å². The lowest BCUT2D eigenvalue weighted by Crippen LogP contribution is -2.01. The SMILES string of the molecule is O=c1[nH]c2ccc(Nc3ncnc4c3ccn4Cc3ccccc3)cc2[nH]1. The molecule has 0 bridgehead atoms. The third-order valence-corrected chi connectivity index (χ3v) is 4.53. The topological polar surface area (TPSA) is 91.4 Å². The molecule has 5 rings (SSSR count). The molecule has 0 radical (unpaired) electrons. The standard InChI is InChI=1S/C20H16N6O/c27-20-24-16-7-6-14(10-17(16)25-20)23-18-15-8-9-26(19(15)22-12-21-18)11-13-4-2-1-3-5-13/h1-10,12H,11H2,(H,21,22,23)(H2,24,25,27). The maximum atomic E-state index is 11.4. The number of rotatable bonds is 4. The van der Waals surface area contributed by atoms with Crippen LogP contribution in [-0.2, 0) is 6.54 Å². The molecule has 0 spiro atoms. The van der Waals surface area contributed by atoms with E-state index in [-0.39, 0.29) is 5.69 Å². The van der Waals surface area contributed by atoms with E-state index < -0.39 is 0 Å². The van der Waals surface area contributed by atoms with Gasteiger partial charge in [-0.2, -0.15) is 0 Å². The van der Waals surface area contributed by atoms with E-state index in [9.17, 15) is 4.79 Å². The zero-order valence-corrected chi connectivity index (χ0v) is 14.3. The van der Waals surface area contributed by atoms with Gasteiger partial charge in [-0.15, -0.1) is 0 Å². The Morgan fingerprint density at radius 2 is 1.81 bits per heavy atom. The Bertz CT molecular complexity index is 1300. The van der Waals surface area contributed by atoms with Crippen LogP contribution in [-0.4, -0.2) is 24.5 Å². The highest BCUT2D eigenvalue weighted by Gasteiger charge is 2.10. The number of nitrogens with one attached hydrogen (secondary N) is 3. The van der Waals surface area contributed by atoms with Gasteiger partial charge in [-0.05, 0) is 29.8 Å². The van der Waals surface area contributed by atoms with Crippen molar-refractivity contribution in [3.8, 4) is 0 Å². The van der Waals surface area contributed by atoms with Crippen LogP contribution >= 0.6 is 0 Å². The van der Waals surface area contributed by atoms with Crippen molar-refractivity contribution in [1.29, 1.82) is 0 Å². The summed E-state index contributed by atoms with van der Waals surface area (Å²) < 4.78 is 2.10. The van der Waals surface area contributed by atoms with Crippen molar-refractivity contribution in [2.24, 2.45) is 0 Å². The first-order valence-corrected chi connectivity index (χ1v) is 8.59. The van der Waals surface area contributed by atoms with E-state index in [1.807, 2.05) is 48.7 Å². The molecule has 0 unspecified atom stereocenters. The van der Waals surface area contributed by atoms with E-state index in [2.05, 4.69) is 42.0 Å². The van der Waals surface area contributed by atoms with Gasteiger partial charge in [0.15, 0.2) is 0 Å². The molecule has 3 heterocycles. The van der Waals surface area contributed by atoms with Gasteiger partial charge in [-0.25, -0.2) is 14.8 Å². The van der Waals surface area contributed by atoms with Crippen molar-refractivity contribution in [1.82, 2.24) is 24.5 Å². The Morgan fingerprint density at radius 1 is 0.963 bits per heavy atom. The van der Waals surface area contributed by atoms with Crippen LogP contribution in [0.1, 0.15) is 5.56 Å². The number of anilines is 2. The van der Waals surface area contributed by atoms with E-state index in [4.69, 9.17) is 0 Å². The van der Waals surface area contributed by atoms with E-state index in [1.54, 1.807) is 6.33 Å². The Labute approximate surface area is 153 Å². The molecular weight excluding hydrogens is 340 g/mol. The number of hydrogen-bond acceptors (Lipinski definition) is 4. The molecular formula is C20H16N6O. The van der Waals surface area contributed by atoms with E-state index in [0.29, 0.717) is 0 Å². The van der Waals surface area contributed by atoms with Gasteiger partial charge in [-0.3, -0.25) is 0 Å². The molecule has 3 aromatic heterocycles. The summed E-state index contributed by atoms with van der Waals surface area (Å²) in [5.41, 5.74) is 4.22. The summed E-state index contributed by atoms with van der Waals surface area (Å²) in [5, 5.41) is 4.27. The molecule has 0 aliphatic heterocycles. The van der Waals surface area contributed by atoms with Crippen LogP contribution in [0.25, 0.3) is 22.1 Å². The van der Waals surface area contributed by atoms with E-state index >= 15 is 0 Å². The predicted molar refractivity (Wildman–Crippen MR) is 105 cm³/mol. The maximum Gasteiger partial charge on any atom is 0.323 e. The number of hydrogen-bond donors (Lipinski definition) is 3. The summed E-state index contributed by atoms with van der Waals surface area (Å²) in [6.45, 7) is 0.747. The lowest BCUT2D eigenvalue weighted by molar-refractivity contribution is 0.824. The average molecular weight is 356 g/mol. The quantitative estimate of drug-likeness (QED) is 0.460. The lowest BCUT2D eigenvalue weighted by Gasteiger charge is -2.08. The number of fused-ring (bicyclic) bond motifs is 2. The molecule has 0 amide bonds. The summed E-state index contributed by atoms with van der Waals surface area (Å²) in [7, 11) is 0. The van der Waals surface area contributed by atoms with Gasteiger partial charge in [0, 0.05) is 18.4 Å². The van der Waals surface area contributed by atoms with Gasteiger partial charge in [-0.1, -0.05) is 30.3 Å². The van der Waals surface area contributed by atoms with Crippen LogP contribution in [0.2, 0.25) is 0 Å². The number of imidazole rings is 1. The Morgan fingerprint density at radius 3 is 2.70 bits per heavy atom. The Hall–Kier alpha value is -3.87. The first-order chi connectivity index (χ1) is 13.3. The molecule has 0 aliphatic rings. The minimum atomic E-state index is -0.218. The van der Waals surface area contributed by atoms with Crippen molar-refractivity contribution in [3.63, 3.8) is 0 Å². The van der Waals surface area contributed by atoms with Gasteiger partial charge in [0.2, 0.25) is 0 Å². The minimum Gasteiger partial charge on any atom is -0.340 e. The zero-order valence-electron chi connectivity index (χ0n) is 14.3. The van der Waals surface area contributed by atoms with Gasteiger partial charge in [0.25, 0.3) is 0 Å². The molecule has 7 nitrogen and oxygen atoms in total. The Balaban J connectivity index is 1.50. The second-order valence-electron chi connectivity index (χ2n) is 6.35. The summed E-state index contributed by atoms with van der Waals surface area (Å²) in [6, 6.07) is 17.9. The molecule has 0 atom stereocenters. The first kappa shape index (κ1) is 15.4. The first-order valence-electron chi connectivity index (χ1n) is 8.59. The third-order valence-electron chi connectivity index (χ3n) is 4.53. The Kier molecular flexibility index (Phi) is 3.50. The largest absolute Gasteiger partial charge is 0.340 e. The fraction of sp³-hybridized carbons (Fsp3) is 0.0500. The second-order valence-corrected chi connectivity index (χ2v) is 6.35. The molecule has 132 valence electrons. The van der Waals surface area contributed by atoms with Crippen molar-refractivity contribution in [2.75, 3.05) is 5.32 Å². The maximum absolute atomic E-state index is 11.4. The number of benzene rings is 2. The number of nitrogens with zero attached hydrogens (tertiary/aromatic N) is 3. The van der Waals surface area contributed by atoms with Crippen LogP contribution in [0.3, 0.4) is 0 Å². The van der Waals surface area contributed by atoms with Gasteiger partial charge >= 0.3 is 5.69 Å².